The highest BCUT2D eigenvalue weighted by Gasteiger charge is 2.23. The lowest BCUT2D eigenvalue weighted by Gasteiger charge is -2.35. The Morgan fingerprint density at radius 3 is 2.39 bits per heavy atom. The van der Waals surface area contributed by atoms with Gasteiger partial charge in [0.2, 0.25) is 0 Å². The van der Waals surface area contributed by atoms with Crippen LogP contribution in [-0.2, 0) is 0 Å². The zero-order chi connectivity index (χ0) is 22.0. The molecule has 1 aliphatic rings. The number of carbonyl (C=O) groups excluding carboxylic acids is 1. The highest BCUT2D eigenvalue weighted by Crippen LogP contribution is 2.25. The summed E-state index contributed by atoms with van der Waals surface area (Å²) in [6, 6.07) is 16.0. The predicted octanol–water partition coefficient (Wildman–Crippen LogP) is 4.85. The lowest BCUT2D eigenvalue weighted by Crippen LogP contribution is -2.49. The van der Waals surface area contributed by atoms with Crippen LogP contribution in [0.25, 0.3) is 10.9 Å². The van der Waals surface area contributed by atoms with E-state index in [4.69, 9.17) is 9.72 Å². The van der Waals surface area contributed by atoms with Gasteiger partial charge in [-0.05, 0) is 61.2 Å². The summed E-state index contributed by atoms with van der Waals surface area (Å²) in [7, 11) is 0. The summed E-state index contributed by atoms with van der Waals surface area (Å²) in [5.41, 5.74) is 4.20. The molecule has 1 aromatic heterocycles. The average Bonchev–Trinajstić information content (AvgIpc) is 2.78. The van der Waals surface area contributed by atoms with Gasteiger partial charge in [0.25, 0.3) is 5.91 Å². The number of carbonyl (C=O) groups is 1. The van der Waals surface area contributed by atoms with Gasteiger partial charge in [0.1, 0.15) is 11.6 Å². The number of amides is 1. The maximum absolute atomic E-state index is 12.9. The third-order valence-electron chi connectivity index (χ3n) is 5.81. The predicted molar refractivity (Wildman–Crippen MR) is 126 cm³/mol. The number of hydrogen-bond acceptors (Lipinski definition) is 4. The Morgan fingerprint density at radius 2 is 1.71 bits per heavy atom. The van der Waals surface area contributed by atoms with Crippen molar-refractivity contribution in [1.29, 1.82) is 0 Å². The lowest BCUT2D eigenvalue weighted by atomic mass is 10.1. The SMILES string of the molecule is Cc1cc(N2CCN(C(=O)c3ccc(OCC(C)C)cc3)CC2)nc2c(C)cccc12. The van der Waals surface area contributed by atoms with Crippen molar-refractivity contribution in [2.24, 2.45) is 5.92 Å². The van der Waals surface area contributed by atoms with Crippen molar-refractivity contribution in [3.05, 3.63) is 65.2 Å². The van der Waals surface area contributed by atoms with Gasteiger partial charge in [-0.25, -0.2) is 4.98 Å². The second kappa shape index (κ2) is 8.96. The molecule has 4 rings (SSSR count). The zero-order valence-electron chi connectivity index (χ0n) is 18.9. The summed E-state index contributed by atoms with van der Waals surface area (Å²) >= 11 is 0. The minimum Gasteiger partial charge on any atom is -0.493 e. The normalized spacial score (nSPS) is 14.4. The monoisotopic (exact) mass is 417 g/mol. The molecular weight excluding hydrogens is 386 g/mol. The molecule has 5 heteroatoms. The lowest BCUT2D eigenvalue weighted by molar-refractivity contribution is 0.0746. The van der Waals surface area contributed by atoms with Gasteiger partial charge in [0, 0.05) is 37.1 Å². The number of ether oxygens (including phenoxy) is 1. The average molecular weight is 418 g/mol. The first-order valence-electron chi connectivity index (χ1n) is 11.1. The Kier molecular flexibility index (Phi) is 6.12. The highest BCUT2D eigenvalue weighted by molar-refractivity contribution is 5.94. The maximum atomic E-state index is 12.9. The third kappa shape index (κ3) is 4.66. The van der Waals surface area contributed by atoms with Crippen LogP contribution in [0.3, 0.4) is 0 Å². The van der Waals surface area contributed by atoms with Gasteiger partial charge in [-0.2, -0.15) is 0 Å². The summed E-state index contributed by atoms with van der Waals surface area (Å²) in [5, 5.41) is 1.21. The van der Waals surface area contributed by atoms with Crippen LogP contribution in [0.1, 0.15) is 35.3 Å². The smallest absolute Gasteiger partial charge is 0.253 e. The van der Waals surface area contributed by atoms with Crippen LogP contribution in [0.4, 0.5) is 5.82 Å². The van der Waals surface area contributed by atoms with Gasteiger partial charge in [0.15, 0.2) is 0 Å². The van der Waals surface area contributed by atoms with Gasteiger partial charge in [-0.1, -0.05) is 32.0 Å². The van der Waals surface area contributed by atoms with Gasteiger partial charge < -0.3 is 14.5 Å². The topological polar surface area (TPSA) is 45.7 Å². The Balaban J connectivity index is 1.41. The number of rotatable bonds is 5. The Hall–Kier alpha value is -3.08. The fourth-order valence-electron chi connectivity index (χ4n) is 3.98. The van der Waals surface area contributed by atoms with E-state index in [1.807, 2.05) is 29.2 Å². The number of piperazine rings is 1. The number of benzene rings is 2. The number of aryl methyl sites for hydroxylation is 2. The minimum atomic E-state index is 0.0774. The molecule has 0 N–H and O–H groups in total. The van der Waals surface area contributed by atoms with Crippen molar-refractivity contribution in [1.82, 2.24) is 9.88 Å². The zero-order valence-corrected chi connectivity index (χ0v) is 18.9. The number of pyridine rings is 1. The van der Waals surface area contributed by atoms with Crippen LogP contribution in [0, 0.1) is 19.8 Å². The summed E-state index contributed by atoms with van der Waals surface area (Å²) in [5.74, 6) is 2.36. The highest BCUT2D eigenvalue weighted by atomic mass is 16.5. The maximum Gasteiger partial charge on any atom is 0.253 e. The Morgan fingerprint density at radius 1 is 1.00 bits per heavy atom. The number of anilines is 1. The number of nitrogens with zero attached hydrogens (tertiary/aromatic N) is 3. The summed E-state index contributed by atoms with van der Waals surface area (Å²) in [4.78, 5) is 22.1. The summed E-state index contributed by atoms with van der Waals surface area (Å²) in [6.07, 6.45) is 0. The second-order valence-electron chi connectivity index (χ2n) is 8.78. The van der Waals surface area contributed by atoms with Crippen molar-refractivity contribution in [2.75, 3.05) is 37.7 Å². The third-order valence-corrected chi connectivity index (χ3v) is 5.81. The van der Waals surface area contributed by atoms with E-state index >= 15 is 0 Å². The van der Waals surface area contributed by atoms with E-state index in [0.717, 1.165) is 30.2 Å². The van der Waals surface area contributed by atoms with Crippen molar-refractivity contribution < 1.29 is 9.53 Å². The second-order valence-corrected chi connectivity index (χ2v) is 8.78. The fourth-order valence-corrected chi connectivity index (χ4v) is 3.98. The van der Waals surface area contributed by atoms with E-state index in [2.05, 4.69) is 56.9 Å². The molecule has 31 heavy (non-hydrogen) atoms. The van der Waals surface area contributed by atoms with Crippen LogP contribution < -0.4 is 9.64 Å². The molecule has 162 valence electrons. The van der Waals surface area contributed by atoms with Crippen LogP contribution in [0.5, 0.6) is 5.75 Å². The molecule has 0 unspecified atom stereocenters. The minimum absolute atomic E-state index is 0.0774. The van der Waals surface area contributed by atoms with Crippen molar-refractivity contribution in [2.45, 2.75) is 27.7 Å². The first-order valence-corrected chi connectivity index (χ1v) is 11.1. The van der Waals surface area contributed by atoms with Crippen LogP contribution in [0.15, 0.2) is 48.5 Å². The number of aromatic nitrogens is 1. The molecule has 5 nitrogen and oxygen atoms in total. The molecule has 2 aromatic carbocycles. The Bertz CT molecular complexity index is 1070. The molecule has 1 amide bonds. The van der Waals surface area contributed by atoms with Crippen LogP contribution in [-0.4, -0.2) is 48.6 Å². The molecule has 0 bridgehead atoms. The number of para-hydroxylation sites is 1. The molecular formula is C26H31N3O2. The molecule has 3 aromatic rings. The van der Waals surface area contributed by atoms with Crippen molar-refractivity contribution in [3.63, 3.8) is 0 Å². The van der Waals surface area contributed by atoms with Crippen molar-refractivity contribution >= 4 is 22.6 Å². The molecule has 0 atom stereocenters. The first-order chi connectivity index (χ1) is 14.9. The first kappa shape index (κ1) is 21.2. The van der Waals surface area contributed by atoms with Gasteiger partial charge in [-0.15, -0.1) is 0 Å². The summed E-state index contributed by atoms with van der Waals surface area (Å²) in [6.45, 7) is 12.1. The molecule has 0 aliphatic carbocycles. The molecule has 0 radical (unpaired) electrons. The van der Waals surface area contributed by atoms with E-state index in [-0.39, 0.29) is 5.91 Å². The van der Waals surface area contributed by atoms with Crippen LogP contribution in [0.2, 0.25) is 0 Å². The van der Waals surface area contributed by atoms with E-state index in [1.165, 1.54) is 16.5 Å². The fraction of sp³-hybridized carbons (Fsp3) is 0.385. The molecule has 2 heterocycles. The van der Waals surface area contributed by atoms with E-state index in [0.29, 0.717) is 31.2 Å². The van der Waals surface area contributed by atoms with Crippen LogP contribution >= 0.6 is 0 Å². The van der Waals surface area contributed by atoms with Gasteiger partial charge >= 0.3 is 0 Å². The van der Waals surface area contributed by atoms with Crippen molar-refractivity contribution in [3.8, 4) is 5.75 Å². The van der Waals surface area contributed by atoms with Gasteiger partial charge in [0.05, 0.1) is 12.1 Å². The molecule has 0 saturated carbocycles. The standard InChI is InChI=1S/C26H31N3O2/c1-18(2)17-31-22-10-8-21(9-11-22)26(30)29-14-12-28(13-15-29)24-16-20(4)23-7-5-6-19(3)25(23)27-24/h5-11,16,18H,12-15,17H2,1-4H3. The summed E-state index contributed by atoms with van der Waals surface area (Å²) < 4.78 is 5.72. The molecule has 0 spiro atoms. The van der Waals surface area contributed by atoms with E-state index < -0.39 is 0 Å². The number of fused-ring (bicyclic) bond motifs is 1. The molecule has 1 saturated heterocycles. The number of hydrogen-bond donors (Lipinski definition) is 0. The largest absolute Gasteiger partial charge is 0.493 e. The van der Waals surface area contributed by atoms with E-state index in [1.54, 1.807) is 0 Å². The Labute approximate surface area is 184 Å². The van der Waals surface area contributed by atoms with E-state index in [9.17, 15) is 4.79 Å². The molecule has 1 aliphatic heterocycles. The molecule has 1 fully saturated rings. The quantitative estimate of drug-likeness (QED) is 0.595. The van der Waals surface area contributed by atoms with Gasteiger partial charge in [-0.3, -0.25) is 4.79 Å².